The fourth-order valence-electron chi connectivity index (χ4n) is 1.18. The standard InChI is InChI=1S/C10H17N3.C2H6/c1-6(2)11-10-7(3)8(4)12-9(5)13-10;1-2/h6H,1-5H3,(H,11,12,13);1-2H3. The van der Waals surface area contributed by atoms with Crippen molar-refractivity contribution in [2.24, 2.45) is 0 Å². The molecule has 1 N–H and O–H groups in total. The maximum atomic E-state index is 4.35. The summed E-state index contributed by atoms with van der Waals surface area (Å²) in [5.41, 5.74) is 2.19. The Bertz CT molecular complexity index is 306. The van der Waals surface area contributed by atoms with Crippen molar-refractivity contribution in [3.63, 3.8) is 0 Å². The summed E-state index contributed by atoms with van der Waals surface area (Å²) in [6.07, 6.45) is 0. The minimum Gasteiger partial charge on any atom is -0.368 e. The molecule has 86 valence electrons. The molecule has 0 unspecified atom stereocenters. The van der Waals surface area contributed by atoms with Gasteiger partial charge in [0.15, 0.2) is 0 Å². The molecule has 0 aliphatic rings. The van der Waals surface area contributed by atoms with Gasteiger partial charge in [0.2, 0.25) is 0 Å². The van der Waals surface area contributed by atoms with Crippen LogP contribution in [0, 0.1) is 20.8 Å². The van der Waals surface area contributed by atoms with Crippen LogP contribution in [0.1, 0.15) is 44.8 Å². The summed E-state index contributed by atoms with van der Waals surface area (Å²) in [4.78, 5) is 8.64. The van der Waals surface area contributed by atoms with Crippen molar-refractivity contribution in [3.8, 4) is 0 Å². The molecule has 1 aromatic heterocycles. The first-order valence-corrected chi connectivity index (χ1v) is 5.59. The zero-order chi connectivity index (χ0) is 12.0. The van der Waals surface area contributed by atoms with Gasteiger partial charge in [0.1, 0.15) is 11.6 Å². The van der Waals surface area contributed by atoms with E-state index in [2.05, 4.69) is 29.1 Å². The molecule has 1 aromatic rings. The van der Waals surface area contributed by atoms with Crippen LogP contribution < -0.4 is 5.32 Å². The Morgan fingerprint density at radius 2 is 1.53 bits per heavy atom. The Balaban J connectivity index is 0.000000921. The van der Waals surface area contributed by atoms with E-state index in [0.717, 1.165) is 22.9 Å². The molecule has 0 aliphatic heterocycles. The van der Waals surface area contributed by atoms with Crippen LogP contribution in [0.15, 0.2) is 0 Å². The topological polar surface area (TPSA) is 37.8 Å². The molecular formula is C12H23N3. The van der Waals surface area contributed by atoms with E-state index in [4.69, 9.17) is 0 Å². The van der Waals surface area contributed by atoms with Crippen molar-refractivity contribution in [1.82, 2.24) is 9.97 Å². The summed E-state index contributed by atoms with van der Waals surface area (Å²) >= 11 is 0. The number of anilines is 1. The van der Waals surface area contributed by atoms with Crippen LogP contribution in [-0.2, 0) is 0 Å². The van der Waals surface area contributed by atoms with Gasteiger partial charge >= 0.3 is 0 Å². The van der Waals surface area contributed by atoms with Crippen molar-refractivity contribution in [1.29, 1.82) is 0 Å². The first kappa shape index (κ1) is 13.9. The van der Waals surface area contributed by atoms with E-state index in [1.807, 2.05) is 34.6 Å². The first-order chi connectivity index (χ1) is 7.00. The number of aryl methyl sites for hydroxylation is 2. The highest BCUT2D eigenvalue weighted by Gasteiger charge is 2.05. The van der Waals surface area contributed by atoms with Crippen molar-refractivity contribution in [2.45, 2.75) is 54.5 Å². The molecule has 3 heteroatoms. The van der Waals surface area contributed by atoms with Crippen LogP contribution in [-0.4, -0.2) is 16.0 Å². The smallest absolute Gasteiger partial charge is 0.133 e. The third kappa shape index (κ3) is 4.28. The molecular weight excluding hydrogens is 186 g/mol. The Morgan fingerprint density at radius 1 is 1.00 bits per heavy atom. The van der Waals surface area contributed by atoms with E-state index in [1.54, 1.807) is 0 Å². The third-order valence-electron chi connectivity index (χ3n) is 1.93. The minimum absolute atomic E-state index is 0.410. The fraction of sp³-hybridized carbons (Fsp3) is 0.667. The molecule has 0 bridgehead atoms. The number of rotatable bonds is 2. The highest BCUT2D eigenvalue weighted by atomic mass is 15.0. The molecule has 15 heavy (non-hydrogen) atoms. The van der Waals surface area contributed by atoms with Crippen molar-refractivity contribution >= 4 is 5.82 Å². The molecule has 0 spiro atoms. The lowest BCUT2D eigenvalue weighted by Gasteiger charge is -2.13. The summed E-state index contributed by atoms with van der Waals surface area (Å²) in [5.74, 6) is 1.78. The molecule has 0 amide bonds. The maximum Gasteiger partial charge on any atom is 0.133 e. The molecule has 0 aromatic carbocycles. The number of nitrogens with one attached hydrogen (secondary N) is 1. The van der Waals surface area contributed by atoms with Crippen LogP contribution >= 0.6 is 0 Å². The van der Waals surface area contributed by atoms with Gasteiger partial charge in [-0.3, -0.25) is 0 Å². The second-order valence-corrected chi connectivity index (χ2v) is 3.63. The third-order valence-corrected chi connectivity index (χ3v) is 1.93. The second kappa shape index (κ2) is 6.38. The van der Waals surface area contributed by atoms with Gasteiger partial charge in [-0.2, -0.15) is 0 Å². The lowest BCUT2D eigenvalue weighted by atomic mass is 10.2. The van der Waals surface area contributed by atoms with Crippen LogP contribution in [0.3, 0.4) is 0 Å². The normalized spacial score (nSPS) is 9.60. The number of hydrogen-bond acceptors (Lipinski definition) is 3. The zero-order valence-corrected chi connectivity index (χ0v) is 11.0. The summed E-state index contributed by atoms with van der Waals surface area (Å²) in [5, 5.41) is 3.30. The average molecular weight is 209 g/mol. The molecule has 3 nitrogen and oxygen atoms in total. The summed E-state index contributed by atoms with van der Waals surface area (Å²) in [7, 11) is 0. The molecule has 0 atom stereocenters. The molecule has 0 saturated carbocycles. The molecule has 1 heterocycles. The Hall–Kier alpha value is -1.12. The summed E-state index contributed by atoms with van der Waals surface area (Å²) in [6, 6.07) is 0.410. The van der Waals surface area contributed by atoms with Gasteiger partial charge < -0.3 is 5.32 Å². The predicted octanol–water partition coefficient (Wildman–Crippen LogP) is 3.25. The van der Waals surface area contributed by atoms with Crippen molar-refractivity contribution in [3.05, 3.63) is 17.1 Å². The van der Waals surface area contributed by atoms with E-state index in [1.165, 1.54) is 0 Å². The Kier molecular flexibility index (Phi) is 5.90. The maximum absolute atomic E-state index is 4.35. The Morgan fingerprint density at radius 3 is 2.00 bits per heavy atom. The summed E-state index contributed by atoms with van der Waals surface area (Å²) < 4.78 is 0. The van der Waals surface area contributed by atoms with E-state index in [-0.39, 0.29) is 0 Å². The van der Waals surface area contributed by atoms with Crippen molar-refractivity contribution < 1.29 is 0 Å². The quantitative estimate of drug-likeness (QED) is 0.812. The second-order valence-electron chi connectivity index (χ2n) is 3.63. The number of nitrogens with zero attached hydrogens (tertiary/aromatic N) is 2. The fourth-order valence-corrected chi connectivity index (χ4v) is 1.18. The number of aromatic nitrogens is 2. The lowest BCUT2D eigenvalue weighted by Crippen LogP contribution is -2.14. The summed E-state index contributed by atoms with van der Waals surface area (Å²) in [6.45, 7) is 14.2. The van der Waals surface area contributed by atoms with Gasteiger partial charge in [0.05, 0.1) is 0 Å². The predicted molar refractivity (Wildman–Crippen MR) is 66.3 cm³/mol. The Labute approximate surface area is 93.3 Å². The van der Waals surface area contributed by atoms with Gasteiger partial charge in [-0.25, -0.2) is 9.97 Å². The largest absolute Gasteiger partial charge is 0.368 e. The SMILES string of the molecule is CC.Cc1nc(C)c(C)c(NC(C)C)n1. The van der Waals surface area contributed by atoms with Gasteiger partial charge in [-0.05, 0) is 34.6 Å². The van der Waals surface area contributed by atoms with E-state index in [9.17, 15) is 0 Å². The number of hydrogen-bond donors (Lipinski definition) is 1. The molecule has 0 aliphatic carbocycles. The zero-order valence-electron chi connectivity index (χ0n) is 11.0. The van der Waals surface area contributed by atoms with Crippen LogP contribution in [0.5, 0.6) is 0 Å². The van der Waals surface area contributed by atoms with Crippen LogP contribution in [0.25, 0.3) is 0 Å². The van der Waals surface area contributed by atoms with Gasteiger partial charge in [-0.15, -0.1) is 0 Å². The highest BCUT2D eigenvalue weighted by Crippen LogP contribution is 2.14. The van der Waals surface area contributed by atoms with E-state index >= 15 is 0 Å². The lowest BCUT2D eigenvalue weighted by molar-refractivity contribution is 0.870. The molecule has 0 fully saturated rings. The van der Waals surface area contributed by atoms with E-state index in [0.29, 0.717) is 6.04 Å². The minimum atomic E-state index is 0.410. The van der Waals surface area contributed by atoms with Gasteiger partial charge in [0, 0.05) is 17.3 Å². The van der Waals surface area contributed by atoms with Gasteiger partial charge in [0.25, 0.3) is 0 Å². The van der Waals surface area contributed by atoms with Crippen LogP contribution in [0.2, 0.25) is 0 Å². The molecule has 1 rings (SSSR count). The molecule has 0 radical (unpaired) electrons. The van der Waals surface area contributed by atoms with Gasteiger partial charge in [-0.1, -0.05) is 13.8 Å². The monoisotopic (exact) mass is 209 g/mol. The first-order valence-electron chi connectivity index (χ1n) is 5.59. The highest BCUT2D eigenvalue weighted by molar-refractivity contribution is 5.45. The van der Waals surface area contributed by atoms with E-state index < -0.39 is 0 Å². The molecule has 0 saturated heterocycles. The van der Waals surface area contributed by atoms with Crippen LogP contribution in [0.4, 0.5) is 5.82 Å². The van der Waals surface area contributed by atoms with Crippen molar-refractivity contribution in [2.75, 3.05) is 5.32 Å². The average Bonchev–Trinajstić information content (AvgIpc) is 2.16.